The van der Waals surface area contributed by atoms with Gasteiger partial charge in [-0.15, -0.1) is 0 Å². The predicted octanol–water partition coefficient (Wildman–Crippen LogP) is 1.59. The van der Waals surface area contributed by atoms with Gasteiger partial charge in [0.2, 0.25) is 0 Å². The number of rotatable bonds is 1. The van der Waals surface area contributed by atoms with Gasteiger partial charge in [-0.3, -0.25) is 0 Å². The van der Waals surface area contributed by atoms with Gasteiger partial charge in [0.1, 0.15) is 0 Å². The van der Waals surface area contributed by atoms with Gasteiger partial charge in [0.15, 0.2) is 0 Å². The van der Waals surface area contributed by atoms with Crippen LogP contribution in [0.25, 0.3) is 11.1 Å². The van der Waals surface area contributed by atoms with Crippen LogP contribution in [0.1, 0.15) is 0 Å². The average Bonchev–Trinajstić information content (AvgIpc) is 2.23. The number of phenols is 1. The Morgan fingerprint density at radius 2 is 1.57 bits per heavy atom. The van der Waals surface area contributed by atoms with Crippen molar-refractivity contribution in [2.75, 3.05) is 0 Å². The predicted molar refractivity (Wildman–Crippen MR) is 60.3 cm³/mol. The molecular formula is C12H10OSe. The first-order valence-electron chi connectivity index (χ1n) is 4.35. The molecule has 0 bridgehead atoms. The first-order chi connectivity index (χ1) is 6.77. The van der Waals surface area contributed by atoms with Crippen LogP contribution >= 0.6 is 0 Å². The molecule has 2 aromatic carbocycles. The summed E-state index contributed by atoms with van der Waals surface area (Å²) < 4.78 is 0.845. The van der Waals surface area contributed by atoms with Crippen molar-refractivity contribution < 1.29 is 5.11 Å². The van der Waals surface area contributed by atoms with Crippen molar-refractivity contribution >= 4 is 20.5 Å². The summed E-state index contributed by atoms with van der Waals surface area (Å²) in [4.78, 5) is 0. The standard InChI is InChI=1S/C12H10OSe/c13-11-8-10(6-7-12(11)14)9-4-2-1-3-5-9/h1-8,13-14H. The van der Waals surface area contributed by atoms with Crippen molar-refractivity contribution in [1.29, 1.82) is 0 Å². The zero-order valence-electron chi connectivity index (χ0n) is 7.51. The summed E-state index contributed by atoms with van der Waals surface area (Å²) >= 11 is 2.35. The van der Waals surface area contributed by atoms with Gasteiger partial charge in [-0.2, -0.15) is 0 Å². The molecule has 70 valence electrons. The number of aromatic hydroxyl groups is 1. The molecule has 2 heteroatoms. The monoisotopic (exact) mass is 250 g/mol. The molecule has 14 heavy (non-hydrogen) atoms. The second kappa shape index (κ2) is 3.87. The second-order valence-corrected chi connectivity index (χ2v) is 4.08. The molecule has 0 amide bonds. The van der Waals surface area contributed by atoms with Crippen LogP contribution in [-0.4, -0.2) is 21.1 Å². The molecule has 0 aliphatic rings. The van der Waals surface area contributed by atoms with E-state index in [1.165, 1.54) is 0 Å². The molecule has 1 N–H and O–H groups in total. The number of benzene rings is 2. The molecule has 0 aliphatic heterocycles. The summed E-state index contributed by atoms with van der Waals surface area (Å²) in [7, 11) is 0. The fourth-order valence-corrected chi connectivity index (χ4v) is 1.63. The summed E-state index contributed by atoms with van der Waals surface area (Å²) in [6.07, 6.45) is 0. The van der Waals surface area contributed by atoms with Crippen molar-refractivity contribution in [1.82, 2.24) is 0 Å². The quantitative estimate of drug-likeness (QED) is 0.761. The summed E-state index contributed by atoms with van der Waals surface area (Å²) in [5.74, 6) is 0.325. The fraction of sp³-hybridized carbons (Fsp3) is 0. The summed E-state index contributed by atoms with van der Waals surface area (Å²) in [6.45, 7) is 0. The third-order valence-electron chi connectivity index (χ3n) is 2.08. The molecule has 0 fully saturated rings. The molecule has 0 spiro atoms. The van der Waals surface area contributed by atoms with Gasteiger partial charge in [-0.25, -0.2) is 0 Å². The molecule has 0 unspecified atom stereocenters. The van der Waals surface area contributed by atoms with Gasteiger partial charge >= 0.3 is 91.0 Å². The van der Waals surface area contributed by atoms with E-state index < -0.39 is 0 Å². The molecule has 2 rings (SSSR count). The van der Waals surface area contributed by atoms with Crippen LogP contribution in [0, 0.1) is 0 Å². The van der Waals surface area contributed by atoms with Crippen molar-refractivity contribution in [3.8, 4) is 16.9 Å². The van der Waals surface area contributed by atoms with Gasteiger partial charge in [0, 0.05) is 0 Å². The van der Waals surface area contributed by atoms with Crippen LogP contribution < -0.4 is 4.46 Å². The van der Waals surface area contributed by atoms with Gasteiger partial charge < -0.3 is 0 Å². The Kier molecular flexibility index (Phi) is 2.58. The molecule has 1 nitrogen and oxygen atoms in total. The normalized spacial score (nSPS) is 10.1. The van der Waals surface area contributed by atoms with E-state index in [9.17, 15) is 5.11 Å². The number of hydrogen-bond acceptors (Lipinski definition) is 1. The molecule has 0 saturated carbocycles. The average molecular weight is 249 g/mol. The molecule has 0 aromatic heterocycles. The van der Waals surface area contributed by atoms with Crippen molar-refractivity contribution in [3.63, 3.8) is 0 Å². The van der Waals surface area contributed by atoms with E-state index >= 15 is 0 Å². The van der Waals surface area contributed by atoms with Gasteiger partial charge in [-0.05, 0) is 0 Å². The van der Waals surface area contributed by atoms with E-state index in [1.54, 1.807) is 6.07 Å². The maximum absolute atomic E-state index is 9.55. The maximum atomic E-state index is 9.55. The first-order valence-corrected chi connectivity index (χ1v) is 5.28. The molecule has 0 heterocycles. The van der Waals surface area contributed by atoms with E-state index in [-0.39, 0.29) is 0 Å². The van der Waals surface area contributed by atoms with Crippen molar-refractivity contribution in [2.45, 2.75) is 0 Å². The Labute approximate surface area is 91.2 Å². The van der Waals surface area contributed by atoms with E-state index in [0.717, 1.165) is 15.6 Å². The van der Waals surface area contributed by atoms with Crippen LogP contribution in [0.3, 0.4) is 0 Å². The summed E-state index contributed by atoms with van der Waals surface area (Å²) in [5.41, 5.74) is 2.16. The number of phenolic OH excluding ortho intramolecular Hbond substituents is 1. The van der Waals surface area contributed by atoms with Crippen LogP contribution in [0.2, 0.25) is 0 Å². The van der Waals surface area contributed by atoms with Crippen molar-refractivity contribution in [2.24, 2.45) is 0 Å². The minimum absolute atomic E-state index is 0.325. The Morgan fingerprint density at radius 1 is 0.857 bits per heavy atom. The van der Waals surface area contributed by atoms with Crippen LogP contribution in [-0.2, 0) is 0 Å². The van der Waals surface area contributed by atoms with E-state index in [4.69, 9.17) is 0 Å². The Hall–Kier alpha value is -1.24. The van der Waals surface area contributed by atoms with E-state index in [2.05, 4.69) is 16.0 Å². The minimum atomic E-state index is 0.325. The SMILES string of the molecule is Oc1cc(-c2ccccc2)ccc1[SeH]. The Bertz CT molecular complexity index is 437. The third kappa shape index (κ3) is 1.82. The van der Waals surface area contributed by atoms with Crippen LogP contribution in [0.5, 0.6) is 5.75 Å². The van der Waals surface area contributed by atoms with Crippen molar-refractivity contribution in [3.05, 3.63) is 48.5 Å². The molecule has 0 aliphatic carbocycles. The third-order valence-corrected chi connectivity index (χ3v) is 2.88. The first kappa shape index (κ1) is 9.32. The van der Waals surface area contributed by atoms with Crippen LogP contribution in [0.15, 0.2) is 48.5 Å². The van der Waals surface area contributed by atoms with E-state index in [1.807, 2.05) is 42.5 Å². The topological polar surface area (TPSA) is 20.2 Å². The molecule has 2 aromatic rings. The van der Waals surface area contributed by atoms with Gasteiger partial charge in [0.25, 0.3) is 0 Å². The molecule has 0 radical (unpaired) electrons. The van der Waals surface area contributed by atoms with E-state index in [0.29, 0.717) is 5.75 Å². The second-order valence-electron chi connectivity index (χ2n) is 3.07. The molecule has 0 saturated heterocycles. The number of hydrogen-bond donors (Lipinski definition) is 1. The zero-order valence-corrected chi connectivity index (χ0v) is 9.39. The van der Waals surface area contributed by atoms with Gasteiger partial charge in [0.05, 0.1) is 0 Å². The zero-order chi connectivity index (χ0) is 9.97. The summed E-state index contributed by atoms with van der Waals surface area (Å²) in [6, 6.07) is 15.7. The molecular weight excluding hydrogens is 239 g/mol. The Morgan fingerprint density at radius 3 is 2.21 bits per heavy atom. The summed E-state index contributed by atoms with van der Waals surface area (Å²) in [5, 5.41) is 9.55. The molecule has 0 atom stereocenters. The Balaban J connectivity index is 2.48. The fourth-order valence-electron chi connectivity index (χ4n) is 1.33. The van der Waals surface area contributed by atoms with Crippen LogP contribution in [0.4, 0.5) is 0 Å². The van der Waals surface area contributed by atoms with Gasteiger partial charge in [-0.1, -0.05) is 0 Å².